The summed E-state index contributed by atoms with van der Waals surface area (Å²) in [4.78, 5) is 4.14. The normalized spacial score (nSPS) is 13.8. The van der Waals surface area contributed by atoms with Crippen LogP contribution in [0.5, 0.6) is 5.75 Å². The molecular formula is C22H19N3O2. The number of aromatic hydroxyl groups is 1. The van der Waals surface area contributed by atoms with Crippen molar-refractivity contribution in [2.24, 2.45) is 0 Å². The Morgan fingerprint density at radius 3 is 2.63 bits per heavy atom. The molecule has 0 spiro atoms. The Kier molecular flexibility index (Phi) is 3.78. The molecular weight excluding hydrogens is 338 g/mol. The van der Waals surface area contributed by atoms with E-state index in [1.165, 1.54) is 30.2 Å². The summed E-state index contributed by atoms with van der Waals surface area (Å²) in [7, 11) is 0. The second kappa shape index (κ2) is 6.43. The van der Waals surface area contributed by atoms with Crippen LogP contribution in [0.25, 0.3) is 22.4 Å². The van der Waals surface area contributed by atoms with E-state index in [2.05, 4.69) is 32.9 Å². The second-order valence-electron chi connectivity index (χ2n) is 7.04. The van der Waals surface area contributed by atoms with Crippen LogP contribution in [0.4, 0.5) is 0 Å². The number of phenolic OH excluding ortho intramolecular Hbond substituents is 1. The lowest BCUT2D eigenvalue weighted by Crippen LogP contribution is -2.01. The number of hydrogen-bond acceptors (Lipinski definition) is 4. The molecule has 2 aromatic heterocycles. The Morgan fingerprint density at radius 2 is 1.93 bits per heavy atom. The molecule has 0 bridgehead atoms. The molecule has 134 valence electrons. The molecule has 0 unspecified atom stereocenters. The molecule has 27 heavy (non-hydrogen) atoms. The van der Waals surface area contributed by atoms with Gasteiger partial charge in [0.05, 0.1) is 6.33 Å². The van der Waals surface area contributed by atoms with Crippen molar-refractivity contribution >= 4 is 0 Å². The highest BCUT2D eigenvalue weighted by molar-refractivity contribution is 5.74. The summed E-state index contributed by atoms with van der Waals surface area (Å²) in [5, 5.41) is 14.3. The summed E-state index contributed by atoms with van der Waals surface area (Å²) in [5.41, 5.74) is 6.16. The van der Waals surface area contributed by atoms with Crippen molar-refractivity contribution in [1.29, 1.82) is 0 Å². The maximum atomic E-state index is 10.4. The molecule has 0 saturated heterocycles. The van der Waals surface area contributed by atoms with Gasteiger partial charge in [-0.05, 0) is 53.1 Å². The maximum absolute atomic E-state index is 10.4. The van der Waals surface area contributed by atoms with Crippen molar-refractivity contribution in [3.63, 3.8) is 0 Å². The fourth-order valence-electron chi connectivity index (χ4n) is 3.55. The lowest BCUT2D eigenvalue weighted by atomic mass is 9.95. The molecule has 0 amide bonds. The number of phenols is 1. The van der Waals surface area contributed by atoms with E-state index in [0.717, 1.165) is 17.7 Å². The average Bonchev–Trinajstić information content (AvgIpc) is 3.15. The number of nitrogens with zero attached hydrogens (tertiary/aromatic N) is 3. The molecule has 0 aliphatic heterocycles. The quantitative estimate of drug-likeness (QED) is 0.555. The van der Waals surface area contributed by atoms with E-state index in [1.54, 1.807) is 12.1 Å². The molecule has 2 aromatic carbocycles. The van der Waals surface area contributed by atoms with E-state index in [1.807, 2.05) is 30.9 Å². The Hall–Kier alpha value is -3.34. The minimum absolute atomic E-state index is 0.205. The number of hydrogen-bond donors (Lipinski definition) is 1. The van der Waals surface area contributed by atoms with Crippen LogP contribution in [0, 0.1) is 0 Å². The highest BCUT2D eigenvalue weighted by Gasteiger charge is 2.26. The molecule has 4 aromatic rings. The summed E-state index contributed by atoms with van der Waals surface area (Å²) in [6.45, 7) is 0.836. The van der Waals surface area contributed by atoms with Gasteiger partial charge in [-0.3, -0.25) is 0 Å². The van der Waals surface area contributed by atoms with Crippen LogP contribution in [-0.2, 0) is 6.54 Å². The Balaban J connectivity index is 1.50. The van der Waals surface area contributed by atoms with Gasteiger partial charge >= 0.3 is 0 Å². The summed E-state index contributed by atoms with van der Waals surface area (Å²) in [5.74, 6) is 0.850. The van der Waals surface area contributed by atoms with Gasteiger partial charge in [0.1, 0.15) is 17.7 Å². The highest BCUT2D eigenvalue weighted by atomic mass is 16.5. The third kappa shape index (κ3) is 3.12. The fraction of sp³-hybridized carbons (Fsp3) is 0.182. The third-order valence-corrected chi connectivity index (χ3v) is 5.12. The van der Waals surface area contributed by atoms with Crippen molar-refractivity contribution in [1.82, 2.24) is 14.7 Å². The third-order valence-electron chi connectivity index (χ3n) is 5.12. The Morgan fingerprint density at radius 1 is 1.07 bits per heavy atom. The lowest BCUT2D eigenvalue weighted by molar-refractivity contribution is 0.421. The summed E-state index contributed by atoms with van der Waals surface area (Å²) >= 11 is 0. The van der Waals surface area contributed by atoms with E-state index in [9.17, 15) is 5.11 Å². The fourth-order valence-corrected chi connectivity index (χ4v) is 3.55. The molecule has 1 N–H and O–H groups in total. The van der Waals surface area contributed by atoms with E-state index in [0.29, 0.717) is 17.2 Å². The van der Waals surface area contributed by atoms with Gasteiger partial charge in [-0.15, -0.1) is 0 Å². The maximum Gasteiger partial charge on any atom is 0.125 e. The Bertz CT molecular complexity index is 1070. The van der Waals surface area contributed by atoms with E-state index < -0.39 is 0 Å². The predicted molar refractivity (Wildman–Crippen MR) is 102 cm³/mol. The van der Waals surface area contributed by atoms with Gasteiger partial charge in [-0.25, -0.2) is 4.98 Å². The van der Waals surface area contributed by atoms with Crippen LogP contribution in [0.3, 0.4) is 0 Å². The molecule has 2 heterocycles. The zero-order valence-electron chi connectivity index (χ0n) is 14.7. The molecule has 0 atom stereocenters. The van der Waals surface area contributed by atoms with Gasteiger partial charge in [-0.2, -0.15) is 0 Å². The highest BCUT2D eigenvalue weighted by Crippen LogP contribution is 2.43. The zero-order chi connectivity index (χ0) is 18.2. The van der Waals surface area contributed by atoms with Crippen molar-refractivity contribution in [2.75, 3.05) is 0 Å². The second-order valence-corrected chi connectivity index (χ2v) is 7.04. The van der Waals surface area contributed by atoms with Gasteiger partial charge < -0.3 is 14.2 Å². The minimum atomic E-state index is 0.205. The van der Waals surface area contributed by atoms with Gasteiger partial charge in [0.2, 0.25) is 0 Å². The van der Waals surface area contributed by atoms with Crippen molar-refractivity contribution < 1.29 is 9.63 Å². The Labute approximate surface area is 156 Å². The molecule has 1 aliphatic rings. The first-order chi connectivity index (χ1) is 13.3. The van der Waals surface area contributed by atoms with Crippen molar-refractivity contribution in [2.45, 2.75) is 25.3 Å². The van der Waals surface area contributed by atoms with Crippen molar-refractivity contribution in [3.05, 3.63) is 78.6 Å². The summed E-state index contributed by atoms with van der Waals surface area (Å²) in [6, 6.07) is 14.0. The monoisotopic (exact) mass is 357 g/mol. The van der Waals surface area contributed by atoms with Crippen LogP contribution in [0.2, 0.25) is 0 Å². The van der Waals surface area contributed by atoms with E-state index >= 15 is 0 Å². The SMILES string of the molecule is Oc1cc(-c2ccc(Cn3ccnc3)c(C3CC3)c2)ccc1-c1ccon1. The van der Waals surface area contributed by atoms with Crippen LogP contribution in [0.15, 0.2) is 72.0 Å². The molecule has 5 rings (SSSR count). The predicted octanol–water partition coefficient (Wildman–Crippen LogP) is 4.84. The van der Waals surface area contributed by atoms with E-state index in [-0.39, 0.29) is 5.75 Å². The summed E-state index contributed by atoms with van der Waals surface area (Å²) in [6.07, 6.45) is 9.65. The van der Waals surface area contributed by atoms with Gasteiger partial charge in [0.15, 0.2) is 0 Å². The number of benzene rings is 2. The van der Waals surface area contributed by atoms with Crippen LogP contribution < -0.4 is 0 Å². The minimum Gasteiger partial charge on any atom is -0.507 e. The van der Waals surface area contributed by atoms with Gasteiger partial charge in [0.25, 0.3) is 0 Å². The van der Waals surface area contributed by atoms with Gasteiger partial charge in [0, 0.05) is 30.6 Å². The number of imidazole rings is 1. The van der Waals surface area contributed by atoms with Crippen molar-refractivity contribution in [3.8, 4) is 28.1 Å². The molecule has 0 radical (unpaired) electrons. The largest absolute Gasteiger partial charge is 0.507 e. The first-order valence-electron chi connectivity index (χ1n) is 9.10. The standard InChI is InChI=1S/C22H19N3O2/c26-22-12-17(5-6-19(22)21-7-10-27-24-21)16-3-4-18(13-25-9-8-23-14-25)20(11-16)15-1-2-15/h3-12,14-15,26H,1-2,13H2. The number of rotatable bonds is 5. The van der Waals surface area contributed by atoms with E-state index in [4.69, 9.17) is 4.52 Å². The smallest absolute Gasteiger partial charge is 0.125 e. The zero-order valence-corrected chi connectivity index (χ0v) is 14.7. The molecule has 1 fully saturated rings. The first kappa shape index (κ1) is 15.9. The average molecular weight is 357 g/mol. The van der Waals surface area contributed by atoms with Crippen LogP contribution >= 0.6 is 0 Å². The summed E-state index contributed by atoms with van der Waals surface area (Å²) < 4.78 is 6.97. The van der Waals surface area contributed by atoms with Crippen LogP contribution in [0.1, 0.15) is 29.9 Å². The lowest BCUT2D eigenvalue weighted by Gasteiger charge is -2.13. The topological polar surface area (TPSA) is 64.1 Å². The van der Waals surface area contributed by atoms with Gasteiger partial charge in [-0.1, -0.05) is 29.4 Å². The first-order valence-corrected chi connectivity index (χ1v) is 9.10. The molecule has 1 saturated carbocycles. The molecule has 1 aliphatic carbocycles. The molecule has 5 nitrogen and oxygen atoms in total. The number of aromatic nitrogens is 3. The van der Waals surface area contributed by atoms with Crippen LogP contribution in [-0.4, -0.2) is 19.8 Å². The molecule has 5 heteroatoms.